The number of hydrogen-bond donors (Lipinski definition) is 3. The molecule has 0 fully saturated rings. The third-order valence-corrected chi connectivity index (χ3v) is 5.05. The van der Waals surface area contributed by atoms with Gasteiger partial charge >= 0.3 is 0 Å². The summed E-state index contributed by atoms with van der Waals surface area (Å²) >= 11 is 0. The van der Waals surface area contributed by atoms with E-state index in [1.807, 2.05) is 36.4 Å². The van der Waals surface area contributed by atoms with Gasteiger partial charge in [-0.1, -0.05) is 48.5 Å². The van der Waals surface area contributed by atoms with Crippen LogP contribution in [0.25, 0.3) is 6.08 Å². The van der Waals surface area contributed by atoms with Gasteiger partial charge in [-0.05, 0) is 60.2 Å². The zero-order chi connectivity index (χ0) is 24.5. The van der Waals surface area contributed by atoms with Gasteiger partial charge in [-0.25, -0.2) is 0 Å². The Kier molecular flexibility index (Phi) is 7.50. The predicted molar refractivity (Wildman–Crippen MR) is 133 cm³/mol. The van der Waals surface area contributed by atoms with Gasteiger partial charge in [0.2, 0.25) is 0 Å². The Balaban J connectivity index is 1.45. The Morgan fingerprint density at radius 1 is 0.714 bits per heavy atom. The minimum Gasteiger partial charge on any atom is -0.467 e. The molecule has 7 heteroatoms. The molecule has 0 radical (unpaired) electrons. The number of carbonyl (C=O) groups is 3. The number of amides is 3. The minimum absolute atomic E-state index is 0.0919. The van der Waals surface area contributed by atoms with Crippen LogP contribution in [0.1, 0.15) is 32.0 Å². The van der Waals surface area contributed by atoms with Gasteiger partial charge in [0.05, 0.1) is 12.8 Å². The van der Waals surface area contributed by atoms with E-state index in [4.69, 9.17) is 4.42 Å². The molecule has 0 saturated carbocycles. The molecule has 0 aliphatic rings. The maximum atomic E-state index is 12.9. The molecule has 0 aliphatic heterocycles. The largest absolute Gasteiger partial charge is 0.467 e. The van der Waals surface area contributed by atoms with Gasteiger partial charge in [-0.15, -0.1) is 0 Å². The van der Waals surface area contributed by atoms with Crippen LogP contribution >= 0.6 is 0 Å². The molecular formula is C28H23N3O4. The van der Waals surface area contributed by atoms with Crippen molar-refractivity contribution in [2.24, 2.45) is 0 Å². The van der Waals surface area contributed by atoms with E-state index in [-0.39, 0.29) is 18.1 Å². The highest BCUT2D eigenvalue weighted by Gasteiger charge is 2.15. The molecule has 1 aromatic heterocycles. The fourth-order valence-corrected chi connectivity index (χ4v) is 3.24. The lowest BCUT2D eigenvalue weighted by molar-refractivity contribution is -0.118. The second-order valence-electron chi connectivity index (χ2n) is 7.58. The van der Waals surface area contributed by atoms with Crippen LogP contribution < -0.4 is 16.0 Å². The molecule has 3 amide bonds. The molecule has 0 bridgehead atoms. The Morgan fingerprint density at radius 2 is 1.37 bits per heavy atom. The van der Waals surface area contributed by atoms with Crippen LogP contribution in [0.4, 0.5) is 5.69 Å². The number of benzene rings is 3. The number of hydrogen-bond acceptors (Lipinski definition) is 4. The Morgan fingerprint density at radius 3 is 2.03 bits per heavy atom. The summed E-state index contributed by atoms with van der Waals surface area (Å²) in [6, 6.07) is 28.0. The average Bonchev–Trinajstić information content (AvgIpc) is 3.42. The molecule has 4 aromatic rings. The third kappa shape index (κ3) is 6.55. The smallest absolute Gasteiger partial charge is 0.268 e. The summed E-state index contributed by atoms with van der Waals surface area (Å²) < 4.78 is 5.25. The molecule has 0 atom stereocenters. The lowest BCUT2D eigenvalue weighted by Crippen LogP contribution is -2.34. The normalized spacial score (nSPS) is 10.9. The fraction of sp³-hybridized carbons (Fsp3) is 0.0357. The average molecular weight is 466 g/mol. The van der Waals surface area contributed by atoms with Crippen molar-refractivity contribution >= 4 is 29.5 Å². The first-order valence-electron chi connectivity index (χ1n) is 10.9. The van der Waals surface area contributed by atoms with Crippen molar-refractivity contribution in [2.75, 3.05) is 5.32 Å². The number of nitrogens with one attached hydrogen (secondary N) is 3. The second kappa shape index (κ2) is 11.3. The van der Waals surface area contributed by atoms with Crippen LogP contribution in [0.3, 0.4) is 0 Å². The maximum Gasteiger partial charge on any atom is 0.268 e. The molecule has 0 aliphatic carbocycles. The number of rotatable bonds is 8. The molecule has 0 unspecified atom stereocenters. The van der Waals surface area contributed by atoms with Gasteiger partial charge in [0.1, 0.15) is 11.5 Å². The van der Waals surface area contributed by atoms with Crippen molar-refractivity contribution in [1.29, 1.82) is 0 Å². The molecule has 174 valence electrons. The molecule has 0 saturated heterocycles. The molecular weight excluding hydrogens is 442 g/mol. The summed E-state index contributed by atoms with van der Waals surface area (Å²) in [6.07, 6.45) is 3.12. The van der Waals surface area contributed by atoms with Crippen molar-refractivity contribution in [3.05, 3.63) is 131 Å². The highest BCUT2D eigenvalue weighted by Crippen LogP contribution is 2.13. The summed E-state index contributed by atoms with van der Waals surface area (Å²) in [6.45, 7) is 0.184. The van der Waals surface area contributed by atoms with Crippen LogP contribution in [0.5, 0.6) is 0 Å². The van der Waals surface area contributed by atoms with Crippen molar-refractivity contribution in [2.45, 2.75) is 6.54 Å². The molecule has 35 heavy (non-hydrogen) atoms. The summed E-state index contributed by atoms with van der Waals surface area (Å²) in [5.74, 6) is -0.562. The molecule has 1 heterocycles. The monoisotopic (exact) mass is 465 g/mol. The van der Waals surface area contributed by atoms with Gasteiger partial charge < -0.3 is 20.4 Å². The van der Waals surface area contributed by atoms with Crippen LogP contribution in [-0.4, -0.2) is 17.7 Å². The topological polar surface area (TPSA) is 100 Å². The second-order valence-corrected chi connectivity index (χ2v) is 7.58. The molecule has 4 rings (SSSR count). The number of anilines is 1. The van der Waals surface area contributed by atoms with Gasteiger partial charge in [-0.2, -0.15) is 0 Å². The van der Waals surface area contributed by atoms with Crippen LogP contribution in [0.15, 0.2) is 113 Å². The van der Waals surface area contributed by atoms with Gasteiger partial charge in [0.25, 0.3) is 17.7 Å². The van der Waals surface area contributed by atoms with Gasteiger partial charge in [0.15, 0.2) is 0 Å². The molecule has 3 N–H and O–H groups in total. The van der Waals surface area contributed by atoms with E-state index in [1.54, 1.807) is 66.7 Å². The van der Waals surface area contributed by atoms with Crippen LogP contribution in [-0.2, 0) is 11.3 Å². The minimum atomic E-state index is -0.457. The molecule has 0 spiro atoms. The zero-order valence-corrected chi connectivity index (χ0v) is 18.7. The van der Waals surface area contributed by atoms with E-state index >= 15 is 0 Å². The van der Waals surface area contributed by atoms with Crippen molar-refractivity contribution in [3.63, 3.8) is 0 Å². The lowest BCUT2D eigenvalue weighted by atomic mass is 10.1. The quantitative estimate of drug-likeness (QED) is 0.331. The SMILES string of the molecule is O=C(NCc1ccco1)/C(=C/c1ccccc1)NC(=O)c1ccc(NC(=O)c2ccccc2)cc1. The van der Waals surface area contributed by atoms with Crippen LogP contribution in [0.2, 0.25) is 0 Å². The maximum absolute atomic E-state index is 12.9. The Bertz CT molecular complexity index is 1310. The van der Waals surface area contributed by atoms with Crippen molar-refractivity contribution in [3.8, 4) is 0 Å². The summed E-state index contributed by atoms with van der Waals surface area (Å²) in [7, 11) is 0. The van der Waals surface area contributed by atoms with E-state index in [2.05, 4.69) is 16.0 Å². The van der Waals surface area contributed by atoms with Gasteiger partial charge in [-0.3, -0.25) is 14.4 Å². The summed E-state index contributed by atoms with van der Waals surface area (Å²) in [4.78, 5) is 38.1. The highest BCUT2D eigenvalue weighted by molar-refractivity contribution is 6.06. The number of furan rings is 1. The van der Waals surface area contributed by atoms with E-state index in [0.717, 1.165) is 5.56 Å². The Labute approximate surface area is 202 Å². The van der Waals surface area contributed by atoms with E-state index < -0.39 is 11.8 Å². The molecule has 7 nitrogen and oxygen atoms in total. The summed E-state index contributed by atoms with van der Waals surface area (Å²) in [5.41, 5.74) is 2.27. The van der Waals surface area contributed by atoms with Crippen LogP contribution in [0, 0.1) is 0 Å². The standard InChI is InChI=1S/C28H23N3O4/c32-26(21-10-5-2-6-11-21)30-23-15-13-22(14-16-23)27(33)31-25(18-20-8-3-1-4-9-20)28(34)29-19-24-12-7-17-35-24/h1-18H,19H2,(H,29,34)(H,30,32)(H,31,33)/b25-18-. The first kappa shape index (κ1) is 23.3. The fourth-order valence-electron chi connectivity index (χ4n) is 3.24. The highest BCUT2D eigenvalue weighted by atomic mass is 16.3. The van der Waals surface area contributed by atoms with Crippen molar-refractivity contribution in [1.82, 2.24) is 10.6 Å². The predicted octanol–water partition coefficient (Wildman–Crippen LogP) is 4.62. The Hall–Kier alpha value is -4.91. The lowest BCUT2D eigenvalue weighted by Gasteiger charge is -2.11. The van der Waals surface area contributed by atoms with E-state index in [1.165, 1.54) is 6.26 Å². The zero-order valence-electron chi connectivity index (χ0n) is 18.7. The van der Waals surface area contributed by atoms with E-state index in [0.29, 0.717) is 22.6 Å². The number of carbonyl (C=O) groups excluding carboxylic acids is 3. The van der Waals surface area contributed by atoms with Gasteiger partial charge in [0, 0.05) is 16.8 Å². The first-order valence-corrected chi connectivity index (χ1v) is 10.9. The van der Waals surface area contributed by atoms with Crippen molar-refractivity contribution < 1.29 is 18.8 Å². The molecule has 3 aromatic carbocycles. The first-order chi connectivity index (χ1) is 17.1. The summed E-state index contributed by atoms with van der Waals surface area (Å²) in [5, 5.41) is 8.23. The van der Waals surface area contributed by atoms with E-state index in [9.17, 15) is 14.4 Å². The third-order valence-electron chi connectivity index (χ3n) is 5.05.